The van der Waals surface area contributed by atoms with E-state index in [0.29, 0.717) is 11.7 Å². The molecule has 7 heteroatoms. The molecule has 5 rings (SSSR count). The number of hydrogen-bond donors (Lipinski definition) is 2. The van der Waals surface area contributed by atoms with Crippen LogP contribution < -0.4 is 5.32 Å². The molecule has 3 heterocycles. The van der Waals surface area contributed by atoms with E-state index in [1.807, 2.05) is 54.7 Å². The Balaban J connectivity index is 1.60. The smallest absolute Gasteiger partial charge is 0.335 e. The summed E-state index contributed by atoms with van der Waals surface area (Å²) < 4.78 is 2.17. The van der Waals surface area contributed by atoms with Crippen LogP contribution in [-0.2, 0) is 6.54 Å². The summed E-state index contributed by atoms with van der Waals surface area (Å²) in [7, 11) is 0. The van der Waals surface area contributed by atoms with Gasteiger partial charge in [0.05, 0.1) is 23.3 Å². The molecule has 1 fully saturated rings. The zero-order valence-electron chi connectivity index (χ0n) is 19.6. The van der Waals surface area contributed by atoms with E-state index in [9.17, 15) is 9.90 Å². The molecule has 1 saturated heterocycles. The normalized spacial score (nSPS) is 17.4. The Morgan fingerprint density at radius 2 is 1.74 bits per heavy atom. The van der Waals surface area contributed by atoms with Crippen molar-refractivity contribution < 1.29 is 9.90 Å². The number of nitrogens with zero attached hydrogens (tertiary/aromatic N) is 3. The van der Waals surface area contributed by atoms with Crippen LogP contribution in [0, 0.1) is 13.8 Å². The molecule has 0 amide bonds. The van der Waals surface area contributed by atoms with Crippen LogP contribution in [0.3, 0.4) is 0 Å². The summed E-state index contributed by atoms with van der Waals surface area (Å²) in [5.41, 5.74) is 6.62. The molecule has 0 spiro atoms. The van der Waals surface area contributed by atoms with Crippen LogP contribution in [0.2, 0.25) is 0 Å². The molecule has 0 bridgehead atoms. The number of benzene rings is 2. The molecule has 6 nitrogen and oxygen atoms in total. The maximum absolute atomic E-state index is 11.3. The molecule has 1 aliphatic rings. The summed E-state index contributed by atoms with van der Waals surface area (Å²) in [6.45, 7) is 4.85. The first-order chi connectivity index (χ1) is 16.9. The fraction of sp³-hybridized carbons (Fsp3) is 0.179. The van der Waals surface area contributed by atoms with Gasteiger partial charge >= 0.3 is 5.97 Å². The van der Waals surface area contributed by atoms with Crippen molar-refractivity contribution in [1.29, 1.82) is 0 Å². The van der Waals surface area contributed by atoms with E-state index >= 15 is 0 Å². The Bertz CT molecular complexity index is 1370. The molecule has 2 aromatic carbocycles. The van der Waals surface area contributed by atoms with Gasteiger partial charge in [0.1, 0.15) is 0 Å². The number of aryl methyl sites for hydroxylation is 1. The summed E-state index contributed by atoms with van der Waals surface area (Å²) in [6, 6.07) is 25.3. The van der Waals surface area contributed by atoms with Crippen LogP contribution in [0.15, 0.2) is 85.1 Å². The van der Waals surface area contributed by atoms with Crippen molar-refractivity contribution in [3.63, 3.8) is 0 Å². The van der Waals surface area contributed by atoms with Gasteiger partial charge in [-0.1, -0.05) is 36.4 Å². The summed E-state index contributed by atoms with van der Waals surface area (Å²) in [6.07, 6.45) is 1.81. The zero-order valence-corrected chi connectivity index (χ0v) is 20.4. The van der Waals surface area contributed by atoms with Gasteiger partial charge in [-0.15, -0.1) is 0 Å². The van der Waals surface area contributed by atoms with Gasteiger partial charge in [-0.05, 0) is 79.7 Å². The van der Waals surface area contributed by atoms with Gasteiger partial charge in [-0.2, -0.15) is 0 Å². The van der Waals surface area contributed by atoms with Crippen LogP contribution >= 0.6 is 12.2 Å². The molecule has 4 aromatic rings. The number of nitrogens with one attached hydrogen (secondary N) is 1. The molecule has 0 unspecified atom stereocenters. The quantitative estimate of drug-likeness (QED) is 0.361. The number of carboxylic acids is 1. The largest absolute Gasteiger partial charge is 0.478 e. The average molecular weight is 483 g/mol. The Morgan fingerprint density at radius 3 is 2.40 bits per heavy atom. The van der Waals surface area contributed by atoms with Gasteiger partial charge in [-0.25, -0.2) is 4.79 Å². The van der Waals surface area contributed by atoms with Crippen molar-refractivity contribution in [3.8, 4) is 5.69 Å². The van der Waals surface area contributed by atoms with Crippen molar-refractivity contribution in [2.24, 2.45) is 0 Å². The molecule has 0 radical (unpaired) electrons. The third-order valence-electron chi connectivity index (χ3n) is 6.55. The lowest BCUT2D eigenvalue weighted by molar-refractivity contribution is 0.0697. The number of carboxylic acid groups (broad SMARTS) is 1. The van der Waals surface area contributed by atoms with Crippen LogP contribution in [0.5, 0.6) is 0 Å². The number of rotatable bonds is 6. The second-order valence-electron chi connectivity index (χ2n) is 8.75. The first-order valence-electron chi connectivity index (χ1n) is 11.5. The Kier molecular flexibility index (Phi) is 6.09. The highest BCUT2D eigenvalue weighted by atomic mass is 32.1. The molecule has 35 heavy (non-hydrogen) atoms. The minimum atomic E-state index is -0.932. The molecular weight excluding hydrogens is 456 g/mol. The van der Waals surface area contributed by atoms with Crippen molar-refractivity contribution in [2.45, 2.75) is 32.5 Å². The van der Waals surface area contributed by atoms with E-state index in [1.165, 1.54) is 5.56 Å². The number of aromatic carboxylic acids is 1. The van der Waals surface area contributed by atoms with Crippen molar-refractivity contribution in [2.75, 3.05) is 0 Å². The van der Waals surface area contributed by atoms with E-state index in [2.05, 4.69) is 51.8 Å². The number of thiocarbonyl (C=S) groups is 1. The number of aromatic nitrogens is 2. The number of hydrogen-bond acceptors (Lipinski definition) is 3. The topological polar surface area (TPSA) is 70.4 Å². The van der Waals surface area contributed by atoms with Gasteiger partial charge in [0, 0.05) is 29.8 Å². The molecular formula is C28H26N4O2S. The SMILES string of the molecule is Cc1cc([C@@H]2[C@H](c3ccccn3)NC(=S)N2Cc2ccccc2)c(C)n1-c1ccc(C(=O)O)cc1. The average Bonchev–Trinajstić information content (AvgIpc) is 3.35. The lowest BCUT2D eigenvalue weighted by Crippen LogP contribution is -2.29. The van der Waals surface area contributed by atoms with E-state index in [1.54, 1.807) is 12.1 Å². The van der Waals surface area contributed by atoms with Gasteiger partial charge in [0.2, 0.25) is 0 Å². The van der Waals surface area contributed by atoms with E-state index in [4.69, 9.17) is 12.2 Å². The minimum absolute atomic E-state index is 0.0594. The second kappa shape index (κ2) is 9.35. The highest BCUT2D eigenvalue weighted by Crippen LogP contribution is 2.42. The Labute approximate surface area is 209 Å². The molecule has 1 aliphatic heterocycles. The minimum Gasteiger partial charge on any atom is -0.478 e. The van der Waals surface area contributed by atoms with Crippen LogP contribution in [0.1, 0.15) is 50.7 Å². The maximum atomic E-state index is 11.3. The number of carbonyl (C=O) groups is 1. The van der Waals surface area contributed by atoms with E-state index in [-0.39, 0.29) is 17.6 Å². The number of pyridine rings is 1. The van der Waals surface area contributed by atoms with Crippen LogP contribution in [-0.4, -0.2) is 30.6 Å². The van der Waals surface area contributed by atoms with Gasteiger partial charge in [0.25, 0.3) is 0 Å². The van der Waals surface area contributed by atoms with Crippen molar-refractivity contribution in [1.82, 2.24) is 19.8 Å². The highest BCUT2D eigenvalue weighted by Gasteiger charge is 2.41. The summed E-state index contributed by atoms with van der Waals surface area (Å²) in [5.74, 6) is -0.932. The lowest BCUT2D eigenvalue weighted by atomic mass is 9.96. The third kappa shape index (κ3) is 4.31. The predicted molar refractivity (Wildman–Crippen MR) is 140 cm³/mol. The summed E-state index contributed by atoms with van der Waals surface area (Å²) in [5, 5.41) is 13.5. The van der Waals surface area contributed by atoms with Crippen molar-refractivity contribution in [3.05, 3.63) is 119 Å². The van der Waals surface area contributed by atoms with Crippen LogP contribution in [0.4, 0.5) is 0 Å². The summed E-state index contributed by atoms with van der Waals surface area (Å²) in [4.78, 5) is 18.2. The monoisotopic (exact) mass is 482 g/mol. The Hall–Kier alpha value is -3.97. The van der Waals surface area contributed by atoms with E-state index < -0.39 is 5.97 Å². The zero-order chi connectivity index (χ0) is 24.5. The van der Waals surface area contributed by atoms with Gasteiger partial charge in [-0.3, -0.25) is 4.98 Å². The molecule has 2 aromatic heterocycles. The highest BCUT2D eigenvalue weighted by molar-refractivity contribution is 7.80. The van der Waals surface area contributed by atoms with Gasteiger partial charge < -0.3 is 19.9 Å². The second-order valence-corrected chi connectivity index (χ2v) is 9.14. The predicted octanol–water partition coefficient (Wildman–Crippen LogP) is 5.36. The van der Waals surface area contributed by atoms with Crippen molar-refractivity contribution >= 4 is 23.3 Å². The summed E-state index contributed by atoms with van der Waals surface area (Å²) >= 11 is 5.83. The molecule has 176 valence electrons. The third-order valence-corrected chi connectivity index (χ3v) is 6.91. The first kappa shape index (κ1) is 22.8. The molecule has 2 N–H and O–H groups in total. The molecule has 0 aliphatic carbocycles. The van der Waals surface area contributed by atoms with Crippen LogP contribution in [0.25, 0.3) is 5.69 Å². The fourth-order valence-electron chi connectivity index (χ4n) is 4.93. The molecule has 0 saturated carbocycles. The Morgan fingerprint density at radius 1 is 1.03 bits per heavy atom. The van der Waals surface area contributed by atoms with Gasteiger partial charge in [0.15, 0.2) is 5.11 Å². The molecule has 2 atom stereocenters. The van der Waals surface area contributed by atoms with E-state index in [0.717, 1.165) is 28.3 Å². The lowest BCUT2D eigenvalue weighted by Gasteiger charge is -2.28. The fourth-order valence-corrected chi connectivity index (χ4v) is 5.24. The standard InChI is InChI=1S/C28H26N4O2S/c1-18-16-23(19(2)32(18)22-13-11-21(12-14-22)27(33)34)26-25(24-10-6-7-15-29-24)30-28(35)31(26)17-20-8-4-3-5-9-20/h3-16,25-26H,17H2,1-2H3,(H,30,35)(H,33,34)/t25-,26+/m0/s1. The maximum Gasteiger partial charge on any atom is 0.335 e. The first-order valence-corrected chi connectivity index (χ1v) is 11.9.